The molecule has 1 aliphatic heterocycles. The summed E-state index contributed by atoms with van der Waals surface area (Å²) in [6, 6.07) is 3.97. The fraction of sp³-hybridized carbons (Fsp3) is 0.556. The van der Waals surface area contributed by atoms with Gasteiger partial charge in [-0.1, -0.05) is 13.8 Å². The van der Waals surface area contributed by atoms with E-state index in [1.807, 2.05) is 6.07 Å². The first kappa shape index (κ1) is 17.4. The van der Waals surface area contributed by atoms with E-state index >= 15 is 0 Å². The van der Waals surface area contributed by atoms with E-state index in [0.717, 1.165) is 69.7 Å². The predicted octanol–water partition coefficient (Wildman–Crippen LogP) is 2.22. The Balaban J connectivity index is 1.66. The van der Waals surface area contributed by atoms with Gasteiger partial charge in [-0.15, -0.1) is 0 Å². The fourth-order valence-electron chi connectivity index (χ4n) is 3.15. The van der Waals surface area contributed by atoms with Crippen molar-refractivity contribution in [3.8, 4) is 0 Å². The van der Waals surface area contributed by atoms with Gasteiger partial charge in [-0.3, -0.25) is 0 Å². The maximum absolute atomic E-state index is 4.50. The van der Waals surface area contributed by atoms with Crippen molar-refractivity contribution in [2.24, 2.45) is 0 Å². The Kier molecular flexibility index (Phi) is 5.98. The molecule has 2 aromatic rings. The molecule has 7 nitrogen and oxygen atoms in total. The summed E-state index contributed by atoms with van der Waals surface area (Å²) in [5.41, 5.74) is 0. The fourth-order valence-corrected chi connectivity index (χ4v) is 3.15. The van der Waals surface area contributed by atoms with Gasteiger partial charge in [-0.2, -0.15) is 0 Å². The Hall–Kier alpha value is -2.44. The van der Waals surface area contributed by atoms with Crippen LogP contribution >= 0.6 is 0 Å². The summed E-state index contributed by atoms with van der Waals surface area (Å²) in [5, 5.41) is 0. The van der Waals surface area contributed by atoms with E-state index in [2.05, 4.69) is 54.5 Å². The topological polar surface area (TPSA) is 61.3 Å². The molecule has 0 aromatic carbocycles. The summed E-state index contributed by atoms with van der Waals surface area (Å²) in [6.45, 7) is 10.1. The van der Waals surface area contributed by atoms with E-state index in [4.69, 9.17) is 0 Å². The van der Waals surface area contributed by atoms with Crippen molar-refractivity contribution in [3.63, 3.8) is 0 Å². The molecule has 1 aliphatic rings. The van der Waals surface area contributed by atoms with Crippen LogP contribution < -0.4 is 14.7 Å². The third-order valence-electron chi connectivity index (χ3n) is 4.39. The molecule has 0 atom stereocenters. The van der Waals surface area contributed by atoms with Crippen molar-refractivity contribution in [1.82, 2.24) is 19.9 Å². The van der Waals surface area contributed by atoms with Crippen LogP contribution in [0, 0.1) is 0 Å². The highest BCUT2D eigenvalue weighted by atomic mass is 15.3. The smallest absolute Gasteiger partial charge is 0.225 e. The largest absolute Gasteiger partial charge is 0.356 e. The van der Waals surface area contributed by atoms with Crippen LogP contribution in [0.3, 0.4) is 0 Å². The third kappa shape index (κ3) is 4.35. The molecule has 134 valence electrons. The molecule has 0 bridgehead atoms. The predicted molar refractivity (Wildman–Crippen MR) is 101 cm³/mol. The summed E-state index contributed by atoms with van der Waals surface area (Å²) in [7, 11) is 0. The lowest BCUT2D eigenvalue weighted by atomic mass is 10.3. The number of hydrogen-bond acceptors (Lipinski definition) is 7. The van der Waals surface area contributed by atoms with E-state index in [1.165, 1.54) is 0 Å². The lowest BCUT2D eigenvalue weighted by molar-refractivity contribution is 0.633. The molecule has 3 heterocycles. The van der Waals surface area contributed by atoms with Crippen LogP contribution in [0.1, 0.15) is 26.7 Å². The van der Waals surface area contributed by atoms with Crippen LogP contribution in [-0.2, 0) is 0 Å². The minimum atomic E-state index is 0.808. The first-order valence-electron chi connectivity index (χ1n) is 9.15. The molecule has 1 fully saturated rings. The van der Waals surface area contributed by atoms with Crippen molar-refractivity contribution in [2.75, 3.05) is 54.0 Å². The number of piperazine rings is 1. The van der Waals surface area contributed by atoms with E-state index in [9.17, 15) is 0 Å². The molecular weight excluding hydrogens is 314 g/mol. The number of nitrogens with zero attached hydrogens (tertiary/aromatic N) is 7. The standard InChI is InChI=1S/C18H27N7/c1-3-8-23(9-4-2)16-14-17(22-15-21-16)24-10-12-25(13-11-24)18-19-6-5-7-20-18/h5-7,14-15H,3-4,8-13H2,1-2H3. The van der Waals surface area contributed by atoms with E-state index < -0.39 is 0 Å². The summed E-state index contributed by atoms with van der Waals surface area (Å²) in [5.74, 6) is 2.85. The van der Waals surface area contributed by atoms with Crippen LogP contribution in [0.25, 0.3) is 0 Å². The second-order valence-electron chi connectivity index (χ2n) is 6.24. The highest BCUT2D eigenvalue weighted by molar-refractivity contribution is 5.51. The molecule has 0 amide bonds. The normalized spacial score (nSPS) is 14.6. The zero-order valence-electron chi connectivity index (χ0n) is 15.2. The molecule has 1 saturated heterocycles. The maximum atomic E-state index is 4.50. The van der Waals surface area contributed by atoms with E-state index in [-0.39, 0.29) is 0 Å². The van der Waals surface area contributed by atoms with Gasteiger partial charge in [0.15, 0.2) is 0 Å². The Morgan fingerprint density at radius 1 is 0.880 bits per heavy atom. The zero-order chi connectivity index (χ0) is 17.5. The SMILES string of the molecule is CCCN(CCC)c1cc(N2CCN(c3ncccn3)CC2)ncn1. The van der Waals surface area contributed by atoms with E-state index in [0.29, 0.717) is 0 Å². The molecule has 0 radical (unpaired) electrons. The van der Waals surface area contributed by atoms with Crippen molar-refractivity contribution >= 4 is 17.6 Å². The van der Waals surface area contributed by atoms with Gasteiger partial charge in [0.1, 0.15) is 18.0 Å². The monoisotopic (exact) mass is 341 g/mol. The maximum Gasteiger partial charge on any atom is 0.225 e. The second-order valence-corrected chi connectivity index (χ2v) is 6.24. The molecule has 0 spiro atoms. The molecule has 25 heavy (non-hydrogen) atoms. The number of aromatic nitrogens is 4. The highest BCUT2D eigenvalue weighted by Crippen LogP contribution is 2.20. The van der Waals surface area contributed by atoms with Gasteiger partial charge < -0.3 is 14.7 Å². The van der Waals surface area contributed by atoms with Crippen molar-refractivity contribution in [1.29, 1.82) is 0 Å². The van der Waals surface area contributed by atoms with Gasteiger partial charge in [-0.25, -0.2) is 19.9 Å². The van der Waals surface area contributed by atoms with Crippen LogP contribution in [-0.4, -0.2) is 59.2 Å². The van der Waals surface area contributed by atoms with E-state index in [1.54, 1.807) is 18.7 Å². The van der Waals surface area contributed by atoms with Crippen LogP contribution in [0.5, 0.6) is 0 Å². The summed E-state index contributed by atoms with van der Waals surface area (Å²) < 4.78 is 0. The number of rotatable bonds is 7. The highest BCUT2D eigenvalue weighted by Gasteiger charge is 2.20. The average Bonchev–Trinajstić information content (AvgIpc) is 2.69. The quantitative estimate of drug-likeness (QED) is 0.765. The molecule has 0 aliphatic carbocycles. The van der Waals surface area contributed by atoms with Crippen LogP contribution in [0.4, 0.5) is 17.6 Å². The average molecular weight is 341 g/mol. The van der Waals surface area contributed by atoms with Crippen LogP contribution in [0.15, 0.2) is 30.9 Å². The number of anilines is 3. The Labute approximate surface area is 149 Å². The summed E-state index contributed by atoms with van der Waals surface area (Å²) in [4.78, 5) is 24.6. The molecule has 7 heteroatoms. The molecular formula is C18H27N7. The number of hydrogen-bond donors (Lipinski definition) is 0. The van der Waals surface area contributed by atoms with Crippen LogP contribution in [0.2, 0.25) is 0 Å². The van der Waals surface area contributed by atoms with Gasteiger partial charge in [0.2, 0.25) is 5.95 Å². The van der Waals surface area contributed by atoms with Gasteiger partial charge in [-0.05, 0) is 18.9 Å². The first-order valence-corrected chi connectivity index (χ1v) is 9.15. The zero-order valence-corrected chi connectivity index (χ0v) is 15.2. The molecule has 3 rings (SSSR count). The minimum absolute atomic E-state index is 0.808. The van der Waals surface area contributed by atoms with Crippen molar-refractivity contribution < 1.29 is 0 Å². The van der Waals surface area contributed by atoms with Gasteiger partial charge in [0.05, 0.1) is 0 Å². The second kappa shape index (κ2) is 8.60. The Morgan fingerprint density at radius 3 is 2.16 bits per heavy atom. The summed E-state index contributed by atoms with van der Waals surface area (Å²) >= 11 is 0. The Morgan fingerprint density at radius 2 is 1.52 bits per heavy atom. The molecule has 0 saturated carbocycles. The first-order chi connectivity index (χ1) is 12.3. The lowest BCUT2D eigenvalue weighted by Gasteiger charge is -2.35. The van der Waals surface area contributed by atoms with Gasteiger partial charge in [0, 0.05) is 57.7 Å². The third-order valence-corrected chi connectivity index (χ3v) is 4.39. The lowest BCUT2D eigenvalue weighted by Crippen LogP contribution is -2.47. The Bertz CT molecular complexity index is 635. The molecule has 2 aromatic heterocycles. The summed E-state index contributed by atoms with van der Waals surface area (Å²) in [6.07, 6.45) is 7.52. The minimum Gasteiger partial charge on any atom is -0.356 e. The van der Waals surface area contributed by atoms with Crippen molar-refractivity contribution in [2.45, 2.75) is 26.7 Å². The van der Waals surface area contributed by atoms with Gasteiger partial charge >= 0.3 is 0 Å². The van der Waals surface area contributed by atoms with Crippen molar-refractivity contribution in [3.05, 3.63) is 30.9 Å². The van der Waals surface area contributed by atoms with Gasteiger partial charge in [0.25, 0.3) is 0 Å². The molecule has 0 unspecified atom stereocenters. The molecule has 0 N–H and O–H groups in total.